The van der Waals surface area contributed by atoms with Crippen molar-refractivity contribution in [1.82, 2.24) is 24.6 Å². The molecule has 2 aromatic heterocycles. The molecule has 2 aromatic rings. The van der Waals surface area contributed by atoms with E-state index in [1.54, 1.807) is 7.11 Å². The number of aromatic nitrogens is 4. The van der Waals surface area contributed by atoms with Crippen molar-refractivity contribution in [2.75, 3.05) is 39.3 Å². The van der Waals surface area contributed by atoms with Gasteiger partial charge in [-0.15, -0.1) is 0 Å². The maximum absolute atomic E-state index is 5.95. The van der Waals surface area contributed by atoms with Crippen LogP contribution in [0.5, 0.6) is 0 Å². The lowest BCUT2D eigenvalue weighted by atomic mass is 10.1. The first-order valence-corrected chi connectivity index (χ1v) is 8.64. The van der Waals surface area contributed by atoms with Crippen molar-refractivity contribution >= 4 is 5.95 Å². The van der Waals surface area contributed by atoms with Gasteiger partial charge in [-0.3, -0.25) is 4.68 Å². The Morgan fingerprint density at radius 2 is 2.24 bits per heavy atom. The highest BCUT2D eigenvalue weighted by atomic mass is 16.5. The standard InChI is InChI=1S/C17H28N6O2/c1-21(2)17-19-11-14(22(17)3)10-18-15-5-7-25-16(15)13-9-20-23(12-13)6-8-24-4/h9,11-12,15-16,18H,5-8,10H2,1-4H3/t15-,16+/m0/s1. The number of anilines is 1. The maximum Gasteiger partial charge on any atom is 0.204 e. The molecule has 1 saturated heterocycles. The molecule has 3 rings (SSSR count). The van der Waals surface area contributed by atoms with Crippen LogP contribution in [0.3, 0.4) is 0 Å². The Morgan fingerprint density at radius 1 is 1.40 bits per heavy atom. The molecule has 1 aliphatic heterocycles. The third kappa shape index (κ3) is 4.02. The second-order valence-corrected chi connectivity index (χ2v) is 6.60. The predicted octanol–water partition coefficient (Wildman–Crippen LogP) is 0.949. The van der Waals surface area contributed by atoms with Gasteiger partial charge >= 0.3 is 0 Å². The summed E-state index contributed by atoms with van der Waals surface area (Å²) in [5.41, 5.74) is 2.27. The van der Waals surface area contributed by atoms with E-state index >= 15 is 0 Å². The van der Waals surface area contributed by atoms with Gasteiger partial charge in [0.25, 0.3) is 0 Å². The quantitative estimate of drug-likeness (QED) is 0.766. The molecule has 0 saturated carbocycles. The topological polar surface area (TPSA) is 69.4 Å². The minimum absolute atomic E-state index is 0.0397. The fraction of sp³-hybridized carbons (Fsp3) is 0.647. The van der Waals surface area contributed by atoms with Crippen molar-refractivity contribution in [1.29, 1.82) is 0 Å². The molecule has 25 heavy (non-hydrogen) atoms. The predicted molar refractivity (Wildman–Crippen MR) is 95.6 cm³/mol. The van der Waals surface area contributed by atoms with Gasteiger partial charge < -0.3 is 24.3 Å². The molecule has 138 valence electrons. The van der Waals surface area contributed by atoms with E-state index in [0.29, 0.717) is 6.61 Å². The lowest BCUT2D eigenvalue weighted by molar-refractivity contribution is 0.0982. The third-order valence-corrected chi connectivity index (χ3v) is 4.60. The summed E-state index contributed by atoms with van der Waals surface area (Å²) >= 11 is 0. The molecular weight excluding hydrogens is 320 g/mol. The summed E-state index contributed by atoms with van der Waals surface area (Å²) in [5.74, 6) is 0.954. The second-order valence-electron chi connectivity index (χ2n) is 6.60. The molecule has 0 amide bonds. The van der Waals surface area contributed by atoms with E-state index in [9.17, 15) is 0 Å². The average Bonchev–Trinajstić information content (AvgIpc) is 3.30. The smallest absolute Gasteiger partial charge is 0.204 e. The van der Waals surface area contributed by atoms with Gasteiger partial charge in [0.2, 0.25) is 5.95 Å². The fourth-order valence-corrected chi connectivity index (χ4v) is 3.21. The molecular formula is C17H28N6O2. The number of rotatable bonds is 8. The molecule has 3 heterocycles. The van der Waals surface area contributed by atoms with E-state index < -0.39 is 0 Å². The van der Waals surface area contributed by atoms with Gasteiger partial charge in [0, 0.05) is 59.2 Å². The Balaban J connectivity index is 1.61. The zero-order valence-corrected chi connectivity index (χ0v) is 15.5. The molecule has 0 bridgehead atoms. The second kappa shape index (κ2) is 7.99. The first-order chi connectivity index (χ1) is 12.1. The molecule has 0 aliphatic carbocycles. The van der Waals surface area contributed by atoms with E-state index in [1.165, 1.54) is 0 Å². The molecule has 0 aromatic carbocycles. The molecule has 2 atom stereocenters. The third-order valence-electron chi connectivity index (χ3n) is 4.60. The molecule has 0 radical (unpaired) electrons. The van der Waals surface area contributed by atoms with Crippen molar-refractivity contribution in [2.24, 2.45) is 7.05 Å². The number of hydrogen-bond acceptors (Lipinski definition) is 6. The molecule has 1 aliphatic rings. The van der Waals surface area contributed by atoms with Crippen molar-refractivity contribution in [3.63, 3.8) is 0 Å². The van der Waals surface area contributed by atoms with E-state index in [-0.39, 0.29) is 12.1 Å². The van der Waals surface area contributed by atoms with Crippen LogP contribution in [0.1, 0.15) is 23.8 Å². The minimum atomic E-state index is 0.0397. The highest BCUT2D eigenvalue weighted by Crippen LogP contribution is 2.29. The van der Waals surface area contributed by atoms with E-state index in [1.807, 2.05) is 43.1 Å². The number of nitrogens with zero attached hydrogens (tertiary/aromatic N) is 5. The molecule has 0 unspecified atom stereocenters. The van der Waals surface area contributed by atoms with Gasteiger partial charge in [0.15, 0.2) is 0 Å². The Labute approximate surface area is 148 Å². The Bertz CT molecular complexity index is 680. The number of ether oxygens (including phenoxy) is 2. The van der Waals surface area contributed by atoms with Crippen LogP contribution in [0.25, 0.3) is 0 Å². The Kier molecular flexibility index (Phi) is 5.72. The summed E-state index contributed by atoms with van der Waals surface area (Å²) in [6.07, 6.45) is 6.91. The summed E-state index contributed by atoms with van der Waals surface area (Å²) < 4.78 is 15.1. The van der Waals surface area contributed by atoms with Crippen LogP contribution in [0, 0.1) is 0 Å². The van der Waals surface area contributed by atoms with Gasteiger partial charge in [-0.2, -0.15) is 5.10 Å². The number of hydrogen-bond donors (Lipinski definition) is 1. The number of imidazole rings is 1. The summed E-state index contributed by atoms with van der Waals surface area (Å²) in [5, 5.41) is 8.02. The largest absolute Gasteiger partial charge is 0.383 e. The molecule has 0 spiro atoms. The number of nitrogens with one attached hydrogen (secondary N) is 1. The molecule has 1 fully saturated rings. The first kappa shape index (κ1) is 17.9. The van der Waals surface area contributed by atoms with E-state index in [2.05, 4.69) is 26.2 Å². The van der Waals surface area contributed by atoms with Crippen LogP contribution in [0.2, 0.25) is 0 Å². The SMILES string of the molecule is COCCn1cc([C@H]2OCC[C@@H]2NCc2cnc(N(C)C)n2C)cn1. The van der Waals surface area contributed by atoms with Crippen LogP contribution in [0.4, 0.5) is 5.95 Å². The van der Waals surface area contributed by atoms with E-state index in [0.717, 1.165) is 43.3 Å². The van der Waals surface area contributed by atoms with Crippen LogP contribution >= 0.6 is 0 Å². The van der Waals surface area contributed by atoms with Crippen LogP contribution in [0.15, 0.2) is 18.6 Å². The highest BCUT2D eigenvalue weighted by Gasteiger charge is 2.30. The average molecular weight is 348 g/mol. The van der Waals surface area contributed by atoms with E-state index in [4.69, 9.17) is 9.47 Å². The van der Waals surface area contributed by atoms with Gasteiger partial charge in [0.1, 0.15) is 6.10 Å². The fourth-order valence-electron chi connectivity index (χ4n) is 3.21. The Morgan fingerprint density at radius 3 is 2.96 bits per heavy atom. The van der Waals surface area contributed by atoms with Gasteiger partial charge in [-0.05, 0) is 6.42 Å². The maximum atomic E-state index is 5.95. The van der Waals surface area contributed by atoms with Crippen molar-refractivity contribution in [2.45, 2.75) is 31.7 Å². The molecule has 1 N–H and O–H groups in total. The Hall–Kier alpha value is -1.90. The van der Waals surface area contributed by atoms with Crippen molar-refractivity contribution < 1.29 is 9.47 Å². The number of methoxy groups -OCH3 is 1. The normalized spacial score (nSPS) is 20.3. The minimum Gasteiger partial charge on any atom is -0.383 e. The highest BCUT2D eigenvalue weighted by molar-refractivity contribution is 5.31. The summed E-state index contributed by atoms with van der Waals surface area (Å²) in [6, 6.07) is 0.276. The zero-order valence-electron chi connectivity index (χ0n) is 15.5. The summed E-state index contributed by atoms with van der Waals surface area (Å²) in [7, 11) is 7.75. The summed E-state index contributed by atoms with van der Waals surface area (Å²) in [6.45, 7) is 2.94. The monoisotopic (exact) mass is 348 g/mol. The van der Waals surface area contributed by atoms with Gasteiger partial charge in [-0.25, -0.2) is 4.98 Å². The zero-order chi connectivity index (χ0) is 17.8. The van der Waals surface area contributed by atoms with Crippen molar-refractivity contribution in [3.05, 3.63) is 29.8 Å². The van der Waals surface area contributed by atoms with Crippen LogP contribution in [-0.2, 0) is 29.6 Å². The van der Waals surface area contributed by atoms with Crippen LogP contribution < -0.4 is 10.2 Å². The molecule has 8 heteroatoms. The summed E-state index contributed by atoms with van der Waals surface area (Å²) in [4.78, 5) is 6.48. The van der Waals surface area contributed by atoms with Gasteiger partial charge in [0.05, 0.1) is 31.2 Å². The van der Waals surface area contributed by atoms with Crippen LogP contribution in [-0.4, -0.2) is 59.8 Å². The lowest BCUT2D eigenvalue weighted by Crippen LogP contribution is -2.31. The molecule has 8 nitrogen and oxygen atoms in total. The first-order valence-electron chi connectivity index (χ1n) is 8.64. The lowest BCUT2D eigenvalue weighted by Gasteiger charge is -2.19. The van der Waals surface area contributed by atoms with Gasteiger partial charge in [-0.1, -0.05) is 0 Å². The van der Waals surface area contributed by atoms with Crippen molar-refractivity contribution in [3.8, 4) is 0 Å².